The number of aryl methyl sites for hydroxylation is 2. The van der Waals surface area contributed by atoms with Crippen LogP contribution in [0.5, 0.6) is 0 Å². The van der Waals surface area contributed by atoms with Crippen LogP contribution in [0.15, 0.2) is 23.1 Å². The second-order valence-corrected chi connectivity index (χ2v) is 8.79. The van der Waals surface area contributed by atoms with E-state index in [0.717, 1.165) is 24.6 Å². The Kier molecular flexibility index (Phi) is 6.22. The van der Waals surface area contributed by atoms with Gasteiger partial charge < -0.3 is 9.64 Å². The van der Waals surface area contributed by atoms with Crippen molar-refractivity contribution in [3.8, 4) is 0 Å². The third kappa shape index (κ3) is 4.89. The number of sulfonamides is 1. The molecule has 27 heavy (non-hydrogen) atoms. The van der Waals surface area contributed by atoms with E-state index in [9.17, 15) is 8.42 Å². The zero-order chi connectivity index (χ0) is 19.6. The van der Waals surface area contributed by atoms with Crippen LogP contribution in [0.25, 0.3) is 0 Å². The Labute approximate surface area is 168 Å². The van der Waals surface area contributed by atoms with E-state index in [1.54, 1.807) is 6.92 Å². The average molecular weight is 431 g/mol. The first-order valence-electron chi connectivity index (χ1n) is 8.39. The van der Waals surface area contributed by atoms with Crippen molar-refractivity contribution in [1.82, 2.24) is 14.7 Å². The lowest BCUT2D eigenvalue weighted by Gasteiger charge is -2.28. The summed E-state index contributed by atoms with van der Waals surface area (Å²) in [6.45, 7) is 6.28. The van der Waals surface area contributed by atoms with Crippen molar-refractivity contribution < 1.29 is 13.2 Å². The van der Waals surface area contributed by atoms with Gasteiger partial charge in [0, 0.05) is 29.9 Å². The van der Waals surface area contributed by atoms with Gasteiger partial charge in [0.15, 0.2) is 0 Å². The highest BCUT2D eigenvalue weighted by Crippen LogP contribution is 2.28. The fourth-order valence-electron chi connectivity index (χ4n) is 2.72. The molecule has 1 fully saturated rings. The third-order valence-electron chi connectivity index (χ3n) is 4.15. The normalized spacial score (nSPS) is 15.2. The van der Waals surface area contributed by atoms with Crippen LogP contribution in [0.3, 0.4) is 0 Å². The number of rotatable bonds is 5. The van der Waals surface area contributed by atoms with Crippen LogP contribution in [0.1, 0.15) is 17.1 Å². The fraction of sp³-hybridized carbons (Fsp3) is 0.412. The number of nitrogens with zero attached hydrogens (tertiary/aromatic N) is 3. The van der Waals surface area contributed by atoms with Gasteiger partial charge in [-0.2, -0.15) is 0 Å². The molecule has 1 saturated heterocycles. The first-order chi connectivity index (χ1) is 12.8. The summed E-state index contributed by atoms with van der Waals surface area (Å²) in [6.07, 6.45) is 0. The SMILES string of the molecule is Cc1cc(N2CCOCC2)nc(CNS(=O)(=O)c2cc(C)c(Cl)cc2Cl)n1. The van der Waals surface area contributed by atoms with E-state index in [1.165, 1.54) is 12.1 Å². The minimum absolute atomic E-state index is 0.0212. The zero-order valence-corrected chi connectivity index (χ0v) is 17.3. The number of aromatic nitrogens is 2. The van der Waals surface area contributed by atoms with Crippen LogP contribution in [0.4, 0.5) is 5.82 Å². The molecule has 0 bridgehead atoms. The Morgan fingerprint density at radius 2 is 1.81 bits per heavy atom. The van der Waals surface area contributed by atoms with Gasteiger partial charge in [-0.05, 0) is 31.5 Å². The molecule has 146 valence electrons. The number of halogens is 2. The maximum absolute atomic E-state index is 12.6. The van der Waals surface area contributed by atoms with Crippen LogP contribution in [0.2, 0.25) is 10.0 Å². The summed E-state index contributed by atoms with van der Waals surface area (Å²) in [6, 6.07) is 4.75. The number of nitrogens with one attached hydrogen (secondary N) is 1. The first kappa shape index (κ1) is 20.3. The van der Waals surface area contributed by atoms with E-state index in [0.29, 0.717) is 29.6 Å². The Morgan fingerprint density at radius 3 is 2.52 bits per heavy atom. The fourth-order valence-corrected chi connectivity index (χ4v) is 4.53. The van der Waals surface area contributed by atoms with Crippen molar-refractivity contribution in [2.45, 2.75) is 25.3 Å². The number of hydrogen-bond donors (Lipinski definition) is 1. The molecule has 1 aromatic carbocycles. The van der Waals surface area contributed by atoms with Gasteiger partial charge in [0.2, 0.25) is 10.0 Å². The number of ether oxygens (including phenoxy) is 1. The summed E-state index contributed by atoms with van der Waals surface area (Å²) in [5.41, 5.74) is 1.39. The van der Waals surface area contributed by atoms with Crippen molar-refractivity contribution in [3.63, 3.8) is 0 Å². The highest BCUT2D eigenvalue weighted by atomic mass is 35.5. The van der Waals surface area contributed by atoms with Crippen LogP contribution in [-0.2, 0) is 21.3 Å². The van der Waals surface area contributed by atoms with Crippen molar-refractivity contribution >= 4 is 39.0 Å². The molecule has 0 atom stereocenters. The lowest BCUT2D eigenvalue weighted by atomic mass is 10.2. The van der Waals surface area contributed by atoms with E-state index >= 15 is 0 Å². The van der Waals surface area contributed by atoms with Crippen molar-refractivity contribution in [2.24, 2.45) is 0 Å². The maximum Gasteiger partial charge on any atom is 0.242 e. The quantitative estimate of drug-likeness (QED) is 0.784. The predicted octanol–water partition coefficient (Wildman–Crippen LogP) is 2.72. The van der Waals surface area contributed by atoms with Gasteiger partial charge >= 0.3 is 0 Å². The number of benzene rings is 1. The lowest BCUT2D eigenvalue weighted by Crippen LogP contribution is -2.37. The zero-order valence-electron chi connectivity index (χ0n) is 15.0. The molecule has 0 unspecified atom stereocenters. The Balaban J connectivity index is 1.79. The monoisotopic (exact) mass is 430 g/mol. The van der Waals surface area contributed by atoms with E-state index in [-0.39, 0.29) is 16.5 Å². The smallest absolute Gasteiger partial charge is 0.242 e. The standard InChI is InChI=1S/C17H20Cl2N4O3S/c1-11-7-15(14(19)9-13(11)18)27(24,25)20-10-16-21-12(2)8-17(22-16)23-3-5-26-6-4-23/h7-9,20H,3-6,10H2,1-2H3. The predicted molar refractivity (Wildman–Crippen MR) is 105 cm³/mol. The molecule has 3 rings (SSSR count). The molecule has 0 aliphatic carbocycles. The van der Waals surface area contributed by atoms with Crippen molar-refractivity contribution in [3.05, 3.63) is 45.3 Å². The number of anilines is 1. The third-order valence-corrected chi connectivity index (χ3v) is 6.42. The molecule has 10 heteroatoms. The Morgan fingerprint density at radius 1 is 1.11 bits per heavy atom. The van der Waals surface area contributed by atoms with Gasteiger partial charge in [-0.25, -0.2) is 23.1 Å². The molecule has 7 nitrogen and oxygen atoms in total. The molecule has 2 heterocycles. The highest BCUT2D eigenvalue weighted by Gasteiger charge is 2.20. The molecule has 1 aromatic heterocycles. The summed E-state index contributed by atoms with van der Waals surface area (Å²) in [4.78, 5) is 10.9. The van der Waals surface area contributed by atoms with Gasteiger partial charge in [-0.3, -0.25) is 0 Å². The average Bonchev–Trinajstić information content (AvgIpc) is 2.63. The van der Waals surface area contributed by atoms with Gasteiger partial charge in [0.1, 0.15) is 16.5 Å². The molecule has 0 spiro atoms. The van der Waals surface area contributed by atoms with Crippen LogP contribution in [-0.4, -0.2) is 44.7 Å². The molecule has 1 N–H and O–H groups in total. The van der Waals surface area contributed by atoms with Crippen LogP contribution < -0.4 is 9.62 Å². The molecule has 1 aliphatic rings. The number of hydrogen-bond acceptors (Lipinski definition) is 6. The summed E-state index contributed by atoms with van der Waals surface area (Å²) in [5.74, 6) is 1.15. The lowest BCUT2D eigenvalue weighted by molar-refractivity contribution is 0.122. The van der Waals surface area contributed by atoms with E-state index in [2.05, 4.69) is 19.6 Å². The minimum atomic E-state index is -3.83. The van der Waals surface area contributed by atoms with Crippen LogP contribution in [0, 0.1) is 13.8 Å². The molecule has 0 radical (unpaired) electrons. The minimum Gasteiger partial charge on any atom is -0.378 e. The molecule has 1 aliphatic heterocycles. The van der Waals surface area contributed by atoms with Gasteiger partial charge in [-0.1, -0.05) is 23.2 Å². The summed E-state index contributed by atoms with van der Waals surface area (Å²) in [7, 11) is -3.83. The van der Waals surface area contributed by atoms with Gasteiger partial charge in [-0.15, -0.1) is 0 Å². The van der Waals surface area contributed by atoms with E-state index in [4.69, 9.17) is 27.9 Å². The molecule has 0 saturated carbocycles. The van der Waals surface area contributed by atoms with Gasteiger partial charge in [0.25, 0.3) is 0 Å². The number of morpholine rings is 1. The van der Waals surface area contributed by atoms with Gasteiger partial charge in [0.05, 0.1) is 24.8 Å². The van der Waals surface area contributed by atoms with Crippen molar-refractivity contribution in [2.75, 3.05) is 31.2 Å². The summed E-state index contributed by atoms with van der Waals surface area (Å²) in [5, 5.41) is 0.480. The maximum atomic E-state index is 12.6. The molecule has 0 amide bonds. The molecule has 2 aromatic rings. The van der Waals surface area contributed by atoms with Crippen molar-refractivity contribution in [1.29, 1.82) is 0 Å². The first-order valence-corrected chi connectivity index (χ1v) is 10.6. The summed E-state index contributed by atoms with van der Waals surface area (Å²) >= 11 is 12.1. The topological polar surface area (TPSA) is 84.4 Å². The van der Waals surface area contributed by atoms with E-state index in [1.807, 2.05) is 13.0 Å². The molecular formula is C17H20Cl2N4O3S. The second kappa shape index (κ2) is 8.28. The Hall–Kier alpha value is -1.45. The largest absolute Gasteiger partial charge is 0.378 e. The molecular weight excluding hydrogens is 411 g/mol. The Bertz CT molecular complexity index is 947. The van der Waals surface area contributed by atoms with Crippen LogP contribution >= 0.6 is 23.2 Å². The highest BCUT2D eigenvalue weighted by molar-refractivity contribution is 7.89. The second-order valence-electron chi connectivity index (χ2n) is 6.24. The summed E-state index contributed by atoms with van der Waals surface area (Å²) < 4.78 is 33.1. The van der Waals surface area contributed by atoms with E-state index < -0.39 is 10.0 Å².